The van der Waals surface area contributed by atoms with Crippen molar-refractivity contribution in [3.8, 4) is 0 Å². The Kier molecular flexibility index (Phi) is 6.45. The SMILES string of the molecule is C[C@H](CCc1ccccc1)NC(=O)[C@@H]1CCCN(C(=O)c2cccs2)C1. The Hall–Kier alpha value is -2.14. The van der Waals surface area contributed by atoms with Gasteiger partial charge in [0, 0.05) is 19.1 Å². The van der Waals surface area contributed by atoms with Crippen LogP contribution in [0.4, 0.5) is 0 Å². The molecule has 1 aromatic heterocycles. The third-order valence-electron chi connectivity index (χ3n) is 4.91. The molecule has 3 rings (SSSR count). The monoisotopic (exact) mass is 370 g/mol. The first-order chi connectivity index (χ1) is 12.6. The van der Waals surface area contributed by atoms with E-state index >= 15 is 0 Å². The van der Waals surface area contributed by atoms with Crippen molar-refractivity contribution in [2.24, 2.45) is 5.92 Å². The molecular weight excluding hydrogens is 344 g/mol. The van der Waals surface area contributed by atoms with Gasteiger partial charge in [-0.25, -0.2) is 0 Å². The summed E-state index contributed by atoms with van der Waals surface area (Å²) in [4.78, 5) is 27.7. The molecule has 0 spiro atoms. The highest BCUT2D eigenvalue weighted by molar-refractivity contribution is 7.12. The van der Waals surface area contributed by atoms with Crippen LogP contribution in [0.1, 0.15) is 41.4 Å². The molecule has 1 aromatic carbocycles. The molecule has 4 nitrogen and oxygen atoms in total. The fourth-order valence-corrected chi connectivity index (χ4v) is 4.08. The molecule has 2 heterocycles. The van der Waals surface area contributed by atoms with Crippen molar-refractivity contribution in [2.45, 2.75) is 38.6 Å². The number of hydrogen-bond donors (Lipinski definition) is 1. The molecule has 2 atom stereocenters. The Morgan fingerprint density at radius 3 is 2.77 bits per heavy atom. The van der Waals surface area contributed by atoms with E-state index < -0.39 is 0 Å². The van der Waals surface area contributed by atoms with Crippen LogP contribution in [0.2, 0.25) is 0 Å². The molecule has 0 bridgehead atoms. The molecule has 1 N–H and O–H groups in total. The number of aryl methyl sites for hydroxylation is 1. The summed E-state index contributed by atoms with van der Waals surface area (Å²) >= 11 is 1.46. The second-order valence-electron chi connectivity index (χ2n) is 7.00. The third kappa shape index (κ3) is 4.94. The van der Waals surface area contributed by atoms with Crippen molar-refractivity contribution >= 4 is 23.2 Å². The van der Waals surface area contributed by atoms with Gasteiger partial charge in [-0.1, -0.05) is 36.4 Å². The standard InChI is InChI=1S/C21H26N2O2S/c1-16(11-12-17-7-3-2-4-8-17)22-20(24)18-9-5-13-23(15-18)21(25)19-10-6-14-26-19/h2-4,6-8,10,14,16,18H,5,9,11-13,15H2,1H3,(H,22,24)/t16-,18-/m1/s1. The number of carbonyl (C=O) groups is 2. The lowest BCUT2D eigenvalue weighted by Gasteiger charge is -2.32. The van der Waals surface area contributed by atoms with Crippen molar-refractivity contribution in [1.29, 1.82) is 0 Å². The van der Waals surface area contributed by atoms with Gasteiger partial charge in [0.15, 0.2) is 0 Å². The van der Waals surface area contributed by atoms with E-state index in [9.17, 15) is 9.59 Å². The Balaban J connectivity index is 1.48. The lowest BCUT2D eigenvalue weighted by molar-refractivity contribution is -0.127. The van der Waals surface area contributed by atoms with Gasteiger partial charge in [0.25, 0.3) is 5.91 Å². The van der Waals surface area contributed by atoms with Crippen molar-refractivity contribution in [2.75, 3.05) is 13.1 Å². The fourth-order valence-electron chi connectivity index (χ4n) is 3.39. The molecule has 0 unspecified atom stereocenters. The summed E-state index contributed by atoms with van der Waals surface area (Å²) in [6.45, 7) is 3.32. The molecule has 1 aliphatic rings. The number of thiophene rings is 1. The number of carbonyl (C=O) groups excluding carboxylic acids is 2. The van der Waals surface area contributed by atoms with Crippen molar-refractivity contribution in [3.63, 3.8) is 0 Å². The number of hydrogen-bond acceptors (Lipinski definition) is 3. The van der Waals surface area contributed by atoms with Gasteiger partial charge in [-0.2, -0.15) is 0 Å². The first-order valence-electron chi connectivity index (χ1n) is 9.30. The summed E-state index contributed by atoms with van der Waals surface area (Å²) in [6, 6.07) is 14.2. The lowest BCUT2D eigenvalue weighted by Crippen LogP contribution is -2.47. The highest BCUT2D eigenvalue weighted by atomic mass is 32.1. The van der Waals surface area contributed by atoms with Crippen LogP contribution < -0.4 is 5.32 Å². The molecule has 5 heteroatoms. The minimum atomic E-state index is -0.105. The number of likely N-dealkylation sites (tertiary alicyclic amines) is 1. The van der Waals surface area contributed by atoms with Crippen molar-refractivity contribution in [3.05, 3.63) is 58.3 Å². The summed E-state index contributed by atoms with van der Waals surface area (Å²) in [5.74, 6) is 0.0238. The zero-order chi connectivity index (χ0) is 18.4. The number of nitrogens with one attached hydrogen (secondary N) is 1. The minimum Gasteiger partial charge on any atom is -0.353 e. The highest BCUT2D eigenvalue weighted by Crippen LogP contribution is 2.21. The van der Waals surface area contributed by atoms with E-state index in [4.69, 9.17) is 0 Å². The zero-order valence-electron chi connectivity index (χ0n) is 15.2. The molecule has 1 aliphatic heterocycles. The van der Waals surface area contributed by atoms with Gasteiger partial charge in [-0.05, 0) is 49.6 Å². The van der Waals surface area contributed by atoms with E-state index in [1.807, 2.05) is 40.6 Å². The maximum absolute atomic E-state index is 12.6. The summed E-state index contributed by atoms with van der Waals surface area (Å²) in [6.07, 6.45) is 3.61. The molecule has 138 valence electrons. The van der Waals surface area contributed by atoms with Gasteiger partial charge in [-0.15, -0.1) is 11.3 Å². The molecule has 0 saturated carbocycles. The molecule has 26 heavy (non-hydrogen) atoms. The van der Waals surface area contributed by atoms with Crippen LogP contribution >= 0.6 is 11.3 Å². The van der Waals surface area contributed by atoms with E-state index in [-0.39, 0.29) is 23.8 Å². The average Bonchev–Trinajstić information content (AvgIpc) is 3.21. The smallest absolute Gasteiger partial charge is 0.263 e. The van der Waals surface area contributed by atoms with E-state index in [0.717, 1.165) is 37.1 Å². The van der Waals surface area contributed by atoms with Crippen LogP contribution in [0, 0.1) is 5.92 Å². The second-order valence-corrected chi connectivity index (χ2v) is 7.95. The predicted molar refractivity (Wildman–Crippen MR) is 105 cm³/mol. The zero-order valence-corrected chi connectivity index (χ0v) is 16.0. The molecule has 0 aliphatic carbocycles. The van der Waals surface area contributed by atoms with Gasteiger partial charge in [0.2, 0.25) is 5.91 Å². The number of rotatable bonds is 6. The van der Waals surface area contributed by atoms with E-state index in [2.05, 4.69) is 24.4 Å². The summed E-state index contributed by atoms with van der Waals surface area (Å²) < 4.78 is 0. The first kappa shape index (κ1) is 18.6. The summed E-state index contributed by atoms with van der Waals surface area (Å²) in [7, 11) is 0. The van der Waals surface area contributed by atoms with Crippen LogP contribution in [0.15, 0.2) is 47.8 Å². The molecule has 2 amide bonds. The Morgan fingerprint density at radius 2 is 2.04 bits per heavy atom. The van der Waals surface area contributed by atoms with Crippen molar-refractivity contribution in [1.82, 2.24) is 10.2 Å². The molecule has 1 saturated heterocycles. The molecule has 1 fully saturated rings. The molecule has 0 radical (unpaired) electrons. The minimum absolute atomic E-state index is 0.0506. The Labute approximate surface area is 159 Å². The van der Waals surface area contributed by atoms with Gasteiger partial charge in [0.05, 0.1) is 10.8 Å². The number of amides is 2. The van der Waals surface area contributed by atoms with Crippen LogP contribution in [-0.2, 0) is 11.2 Å². The maximum Gasteiger partial charge on any atom is 0.263 e. The van der Waals surface area contributed by atoms with Crippen LogP contribution in [0.3, 0.4) is 0 Å². The summed E-state index contributed by atoms with van der Waals surface area (Å²) in [5, 5.41) is 5.05. The van der Waals surface area contributed by atoms with Crippen LogP contribution in [0.5, 0.6) is 0 Å². The number of nitrogens with zero attached hydrogens (tertiary/aromatic N) is 1. The largest absolute Gasteiger partial charge is 0.353 e. The first-order valence-corrected chi connectivity index (χ1v) is 10.2. The second kappa shape index (κ2) is 8.99. The Morgan fingerprint density at radius 1 is 1.23 bits per heavy atom. The van der Waals surface area contributed by atoms with Gasteiger partial charge >= 0.3 is 0 Å². The van der Waals surface area contributed by atoms with Crippen LogP contribution in [0.25, 0.3) is 0 Å². The van der Waals surface area contributed by atoms with Gasteiger partial charge in [-0.3, -0.25) is 9.59 Å². The number of piperidine rings is 1. The Bertz CT molecular complexity index is 715. The summed E-state index contributed by atoms with van der Waals surface area (Å²) in [5.41, 5.74) is 1.29. The molecular formula is C21H26N2O2S. The van der Waals surface area contributed by atoms with E-state index in [0.29, 0.717) is 6.54 Å². The molecule has 2 aromatic rings. The average molecular weight is 371 g/mol. The van der Waals surface area contributed by atoms with Gasteiger partial charge in [0.1, 0.15) is 0 Å². The third-order valence-corrected chi connectivity index (χ3v) is 5.77. The number of benzene rings is 1. The highest BCUT2D eigenvalue weighted by Gasteiger charge is 2.29. The topological polar surface area (TPSA) is 49.4 Å². The normalized spacial score (nSPS) is 18.3. The quantitative estimate of drug-likeness (QED) is 0.842. The van der Waals surface area contributed by atoms with Gasteiger partial charge < -0.3 is 10.2 Å². The van der Waals surface area contributed by atoms with Crippen LogP contribution in [-0.4, -0.2) is 35.8 Å². The maximum atomic E-state index is 12.6. The van der Waals surface area contributed by atoms with E-state index in [1.165, 1.54) is 16.9 Å². The lowest BCUT2D eigenvalue weighted by atomic mass is 9.96. The fraction of sp³-hybridized carbons (Fsp3) is 0.429. The van der Waals surface area contributed by atoms with Crippen molar-refractivity contribution < 1.29 is 9.59 Å². The predicted octanol–water partition coefficient (Wildman–Crippen LogP) is 3.74. The van der Waals surface area contributed by atoms with E-state index in [1.54, 1.807) is 0 Å².